The molecule has 0 unspecified atom stereocenters. The number of benzene rings is 2. The molecule has 0 heterocycles. The standard InChI is InChI=1S/C21H25NO4/c1-14(26-18-9-8-15-6-4-5-7-16(15)12-18)21(23)22-19-11-10-17(24-2)13-20(19)25-3/h8-14H,4-7H2,1-3H3,(H,22,23)/t14-/m0/s1. The predicted molar refractivity (Wildman–Crippen MR) is 101 cm³/mol. The molecule has 138 valence electrons. The number of ether oxygens (including phenoxy) is 3. The van der Waals surface area contributed by atoms with Crippen LogP contribution in [0, 0.1) is 0 Å². The van der Waals surface area contributed by atoms with E-state index in [2.05, 4.69) is 17.4 Å². The molecule has 1 aliphatic rings. The van der Waals surface area contributed by atoms with Gasteiger partial charge in [0.1, 0.15) is 17.2 Å². The third-order valence-corrected chi connectivity index (χ3v) is 4.67. The Morgan fingerprint density at radius 2 is 1.69 bits per heavy atom. The fraction of sp³-hybridized carbons (Fsp3) is 0.381. The first-order valence-electron chi connectivity index (χ1n) is 8.92. The van der Waals surface area contributed by atoms with E-state index in [-0.39, 0.29) is 5.91 Å². The van der Waals surface area contributed by atoms with Gasteiger partial charge in [-0.25, -0.2) is 0 Å². The average Bonchev–Trinajstić information content (AvgIpc) is 2.68. The van der Waals surface area contributed by atoms with E-state index in [1.807, 2.05) is 6.07 Å². The number of anilines is 1. The molecule has 0 fully saturated rings. The molecule has 0 saturated heterocycles. The number of rotatable bonds is 6. The van der Waals surface area contributed by atoms with Gasteiger partial charge in [0.2, 0.25) is 0 Å². The maximum Gasteiger partial charge on any atom is 0.265 e. The SMILES string of the molecule is COc1ccc(NC(=O)[C@H](C)Oc2ccc3c(c2)CCCC3)c(OC)c1. The van der Waals surface area contributed by atoms with Gasteiger partial charge in [0.15, 0.2) is 6.10 Å². The Balaban J connectivity index is 1.66. The minimum atomic E-state index is -0.622. The maximum absolute atomic E-state index is 12.5. The summed E-state index contributed by atoms with van der Waals surface area (Å²) < 4.78 is 16.3. The quantitative estimate of drug-likeness (QED) is 0.851. The summed E-state index contributed by atoms with van der Waals surface area (Å²) in [7, 11) is 3.14. The second-order valence-corrected chi connectivity index (χ2v) is 6.45. The van der Waals surface area contributed by atoms with Gasteiger partial charge in [0, 0.05) is 6.07 Å². The van der Waals surface area contributed by atoms with Crippen LogP contribution in [0.5, 0.6) is 17.2 Å². The number of nitrogens with one attached hydrogen (secondary N) is 1. The Morgan fingerprint density at radius 3 is 2.42 bits per heavy atom. The van der Waals surface area contributed by atoms with Gasteiger partial charge < -0.3 is 19.5 Å². The van der Waals surface area contributed by atoms with Crippen LogP contribution in [0.3, 0.4) is 0 Å². The van der Waals surface area contributed by atoms with Gasteiger partial charge in [0.05, 0.1) is 19.9 Å². The van der Waals surface area contributed by atoms with Crippen molar-refractivity contribution in [3.05, 3.63) is 47.5 Å². The highest BCUT2D eigenvalue weighted by Crippen LogP contribution is 2.30. The van der Waals surface area contributed by atoms with Crippen LogP contribution in [-0.2, 0) is 17.6 Å². The molecular formula is C21H25NO4. The zero-order chi connectivity index (χ0) is 18.5. The van der Waals surface area contributed by atoms with Crippen molar-refractivity contribution in [3.8, 4) is 17.2 Å². The van der Waals surface area contributed by atoms with Gasteiger partial charge in [-0.05, 0) is 68.0 Å². The summed E-state index contributed by atoms with van der Waals surface area (Å²) in [6.07, 6.45) is 4.04. The van der Waals surface area contributed by atoms with Crippen LogP contribution in [0.4, 0.5) is 5.69 Å². The Morgan fingerprint density at radius 1 is 0.962 bits per heavy atom. The van der Waals surface area contributed by atoms with E-state index in [9.17, 15) is 4.79 Å². The summed E-state index contributed by atoms with van der Waals surface area (Å²) in [6.45, 7) is 1.74. The summed E-state index contributed by atoms with van der Waals surface area (Å²) in [4.78, 5) is 12.5. The van der Waals surface area contributed by atoms with Crippen molar-refractivity contribution >= 4 is 11.6 Å². The molecule has 0 spiro atoms. The first kappa shape index (κ1) is 18.1. The number of methoxy groups -OCH3 is 2. The van der Waals surface area contributed by atoms with E-state index in [0.717, 1.165) is 18.6 Å². The van der Waals surface area contributed by atoms with Crippen molar-refractivity contribution in [3.63, 3.8) is 0 Å². The second kappa shape index (κ2) is 8.13. The zero-order valence-corrected chi connectivity index (χ0v) is 15.5. The van der Waals surface area contributed by atoms with Gasteiger partial charge in [0.25, 0.3) is 5.91 Å². The Kier molecular flexibility index (Phi) is 5.66. The Labute approximate surface area is 154 Å². The van der Waals surface area contributed by atoms with Crippen LogP contribution in [-0.4, -0.2) is 26.2 Å². The average molecular weight is 355 g/mol. The molecule has 2 aromatic carbocycles. The monoisotopic (exact) mass is 355 g/mol. The van der Waals surface area contributed by atoms with E-state index in [1.165, 1.54) is 24.0 Å². The smallest absolute Gasteiger partial charge is 0.265 e. The number of aryl methyl sites for hydroxylation is 2. The van der Waals surface area contributed by atoms with Crippen molar-refractivity contribution < 1.29 is 19.0 Å². The highest BCUT2D eigenvalue weighted by Gasteiger charge is 2.18. The van der Waals surface area contributed by atoms with E-state index in [4.69, 9.17) is 14.2 Å². The van der Waals surface area contributed by atoms with E-state index < -0.39 is 6.10 Å². The fourth-order valence-electron chi connectivity index (χ4n) is 3.18. The zero-order valence-electron chi connectivity index (χ0n) is 15.5. The summed E-state index contributed by atoms with van der Waals surface area (Å²) >= 11 is 0. The van der Waals surface area contributed by atoms with Crippen molar-refractivity contribution in [2.45, 2.75) is 38.7 Å². The molecule has 0 saturated carbocycles. The van der Waals surface area contributed by atoms with Gasteiger partial charge in [-0.3, -0.25) is 4.79 Å². The molecule has 2 aromatic rings. The van der Waals surface area contributed by atoms with Crippen LogP contribution >= 0.6 is 0 Å². The van der Waals surface area contributed by atoms with Crippen molar-refractivity contribution in [1.29, 1.82) is 0 Å². The number of fused-ring (bicyclic) bond motifs is 1. The van der Waals surface area contributed by atoms with Gasteiger partial charge in [-0.2, -0.15) is 0 Å². The predicted octanol–water partition coefficient (Wildman–Crippen LogP) is 3.99. The lowest BCUT2D eigenvalue weighted by molar-refractivity contribution is -0.122. The number of amides is 1. The summed E-state index contributed by atoms with van der Waals surface area (Å²) in [5.74, 6) is 1.71. The van der Waals surface area contributed by atoms with Crippen LogP contribution < -0.4 is 19.5 Å². The van der Waals surface area contributed by atoms with Crippen molar-refractivity contribution in [2.75, 3.05) is 19.5 Å². The lowest BCUT2D eigenvalue weighted by atomic mass is 9.92. The van der Waals surface area contributed by atoms with Gasteiger partial charge >= 0.3 is 0 Å². The molecule has 3 rings (SSSR count). The van der Waals surface area contributed by atoms with E-state index >= 15 is 0 Å². The van der Waals surface area contributed by atoms with Crippen LogP contribution in [0.1, 0.15) is 30.9 Å². The normalized spacial score (nSPS) is 14.1. The number of hydrogen-bond acceptors (Lipinski definition) is 4. The van der Waals surface area contributed by atoms with E-state index in [1.54, 1.807) is 39.3 Å². The van der Waals surface area contributed by atoms with Gasteiger partial charge in [-0.15, -0.1) is 0 Å². The first-order valence-corrected chi connectivity index (χ1v) is 8.92. The topological polar surface area (TPSA) is 56.8 Å². The number of carbonyl (C=O) groups is 1. The summed E-state index contributed by atoms with van der Waals surface area (Å²) in [5.41, 5.74) is 3.31. The molecule has 5 nitrogen and oxygen atoms in total. The number of hydrogen-bond donors (Lipinski definition) is 1. The van der Waals surface area contributed by atoms with Crippen LogP contribution in [0.15, 0.2) is 36.4 Å². The lowest BCUT2D eigenvalue weighted by Gasteiger charge is -2.19. The first-order chi connectivity index (χ1) is 12.6. The third-order valence-electron chi connectivity index (χ3n) is 4.67. The Bertz CT molecular complexity index is 788. The molecule has 1 amide bonds. The fourth-order valence-corrected chi connectivity index (χ4v) is 3.18. The molecule has 5 heteroatoms. The van der Waals surface area contributed by atoms with E-state index in [0.29, 0.717) is 17.2 Å². The minimum Gasteiger partial charge on any atom is -0.497 e. The van der Waals surface area contributed by atoms with Crippen molar-refractivity contribution in [2.24, 2.45) is 0 Å². The minimum absolute atomic E-state index is 0.230. The second-order valence-electron chi connectivity index (χ2n) is 6.45. The Hall–Kier alpha value is -2.69. The summed E-state index contributed by atoms with van der Waals surface area (Å²) in [5, 5.41) is 2.85. The molecule has 0 radical (unpaired) electrons. The molecule has 0 aromatic heterocycles. The molecule has 1 aliphatic carbocycles. The highest BCUT2D eigenvalue weighted by atomic mass is 16.5. The molecular weight excluding hydrogens is 330 g/mol. The highest BCUT2D eigenvalue weighted by molar-refractivity contribution is 5.95. The molecule has 0 aliphatic heterocycles. The maximum atomic E-state index is 12.5. The molecule has 1 atom stereocenters. The largest absolute Gasteiger partial charge is 0.497 e. The molecule has 1 N–H and O–H groups in total. The number of carbonyl (C=O) groups excluding carboxylic acids is 1. The molecule has 0 bridgehead atoms. The lowest BCUT2D eigenvalue weighted by Crippen LogP contribution is -2.30. The van der Waals surface area contributed by atoms with Crippen LogP contribution in [0.25, 0.3) is 0 Å². The summed E-state index contributed by atoms with van der Waals surface area (Å²) in [6, 6.07) is 11.4. The van der Waals surface area contributed by atoms with Crippen molar-refractivity contribution in [1.82, 2.24) is 0 Å². The van der Waals surface area contributed by atoms with Gasteiger partial charge in [-0.1, -0.05) is 6.07 Å². The van der Waals surface area contributed by atoms with Crippen LogP contribution in [0.2, 0.25) is 0 Å². The molecule has 26 heavy (non-hydrogen) atoms. The third kappa shape index (κ3) is 4.10.